The van der Waals surface area contributed by atoms with E-state index in [0.29, 0.717) is 5.41 Å². The first-order valence-corrected chi connectivity index (χ1v) is 5.38. The van der Waals surface area contributed by atoms with E-state index in [4.69, 9.17) is 0 Å². The number of allylic oxidation sites excluding steroid dienone is 4. The highest BCUT2D eigenvalue weighted by Gasteiger charge is 2.19. The Labute approximate surface area is 82.7 Å². The fourth-order valence-electron chi connectivity index (χ4n) is 1.56. The summed E-state index contributed by atoms with van der Waals surface area (Å²) in [5.74, 6) is 0.864. The molecule has 0 aromatic heterocycles. The summed E-state index contributed by atoms with van der Waals surface area (Å²) in [5.41, 5.74) is 1.86. The largest absolute Gasteiger partial charge is 0.0842 e. The van der Waals surface area contributed by atoms with E-state index >= 15 is 0 Å². The minimum absolute atomic E-state index is 0.317. The van der Waals surface area contributed by atoms with E-state index in [9.17, 15) is 0 Å². The lowest BCUT2D eigenvalue weighted by molar-refractivity contribution is 0.373. The van der Waals surface area contributed by atoms with Gasteiger partial charge in [0.1, 0.15) is 0 Å². The summed E-state index contributed by atoms with van der Waals surface area (Å²) in [6, 6.07) is 0. The van der Waals surface area contributed by atoms with Crippen LogP contribution in [0.25, 0.3) is 0 Å². The number of hydrogen-bond donors (Lipinski definition) is 0. The second-order valence-electron chi connectivity index (χ2n) is 5.12. The lowest BCUT2D eigenvalue weighted by atomic mass is 9.78. The molecule has 0 heteroatoms. The minimum atomic E-state index is 0.317. The Balaban J connectivity index is 2.54. The van der Waals surface area contributed by atoms with Crippen molar-refractivity contribution >= 4 is 0 Å². The highest BCUT2D eigenvalue weighted by molar-refractivity contribution is 5.23. The molecule has 0 atom stereocenters. The molecule has 1 aliphatic carbocycles. The molecule has 1 rings (SSSR count). The van der Waals surface area contributed by atoms with Crippen molar-refractivity contribution in [2.45, 2.75) is 47.0 Å². The Hall–Kier alpha value is -0.520. The lowest BCUT2D eigenvalue weighted by Crippen LogP contribution is -2.13. The molecule has 0 nitrogen and oxygen atoms in total. The molecule has 0 unspecified atom stereocenters. The minimum Gasteiger partial charge on any atom is -0.0842 e. The third-order valence-corrected chi connectivity index (χ3v) is 2.69. The molecule has 0 spiro atoms. The molecule has 1 aliphatic rings. The summed E-state index contributed by atoms with van der Waals surface area (Å²) in [7, 11) is 0. The van der Waals surface area contributed by atoms with Gasteiger partial charge in [0, 0.05) is 0 Å². The van der Waals surface area contributed by atoms with Gasteiger partial charge < -0.3 is 0 Å². The van der Waals surface area contributed by atoms with Crippen LogP contribution < -0.4 is 0 Å². The third-order valence-electron chi connectivity index (χ3n) is 2.69. The second kappa shape index (κ2) is 4.13. The van der Waals surface area contributed by atoms with Gasteiger partial charge in [0.2, 0.25) is 0 Å². The Kier molecular flexibility index (Phi) is 3.35. The Morgan fingerprint density at radius 1 is 1.23 bits per heavy atom. The summed E-state index contributed by atoms with van der Waals surface area (Å²) in [5, 5.41) is 0. The molecular formula is C13H22. The highest BCUT2D eigenvalue weighted by Crippen LogP contribution is 2.34. The van der Waals surface area contributed by atoms with Gasteiger partial charge in [0.15, 0.2) is 0 Å². The van der Waals surface area contributed by atoms with Crippen LogP contribution in [0.5, 0.6) is 0 Å². The zero-order valence-corrected chi connectivity index (χ0v) is 9.43. The zero-order chi connectivity index (χ0) is 9.90. The van der Waals surface area contributed by atoms with Crippen LogP contribution in [-0.4, -0.2) is 0 Å². The molecule has 0 bridgehead atoms. The average Bonchev–Trinajstić information content (AvgIpc) is 1.91. The Bertz CT molecular complexity index is 209. The van der Waals surface area contributed by atoms with E-state index in [1.807, 2.05) is 0 Å². The standard InChI is InChI=1S/C13H22/c1-5-11(12-7-6-8-12)9-10-13(2,3)4/h5,9-10,12H,6-8H2,1-4H3. The summed E-state index contributed by atoms with van der Waals surface area (Å²) in [6.45, 7) is 8.90. The maximum absolute atomic E-state index is 2.32. The van der Waals surface area contributed by atoms with E-state index in [1.165, 1.54) is 19.3 Å². The van der Waals surface area contributed by atoms with Crippen molar-refractivity contribution < 1.29 is 0 Å². The first-order chi connectivity index (χ1) is 6.03. The van der Waals surface area contributed by atoms with Gasteiger partial charge in [-0.25, -0.2) is 0 Å². The summed E-state index contributed by atoms with van der Waals surface area (Å²) >= 11 is 0. The molecule has 13 heavy (non-hydrogen) atoms. The molecule has 0 aromatic carbocycles. The predicted molar refractivity (Wildman–Crippen MR) is 59.7 cm³/mol. The SMILES string of the molecule is CC=C(C=CC(C)(C)C)C1CCC1. The van der Waals surface area contributed by atoms with Crippen molar-refractivity contribution in [3.05, 3.63) is 23.8 Å². The smallest absolute Gasteiger partial charge is 0.0165 e. The van der Waals surface area contributed by atoms with Crippen molar-refractivity contribution in [2.24, 2.45) is 11.3 Å². The first-order valence-electron chi connectivity index (χ1n) is 5.38. The molecule has 0 heterocycles. The van der Waals surface area contributed by atoms with E-state index in [1.54, 1.807) is 5.57 Å². The van der Waals surface area contributed by atoms with Crippen LogP contribution in [0.2, 0.25) is 0 Å². The van der Waals surface area contributed by atoms with Gasteiger partial charge >= 0.3 is 0 Å². The molecule has 0 radical (unpaired) electrons. The van der Waals surface area contributed by atoms with Crippen LogP contribution in [0.3, 0.4) is 0 Å². The number of rotatable bonds is 2. The lowest BCUT2D eigenvalue weighted by Gasteiger charge is -2.27. The predicted octanol–water partition coefficient (Wildman–Crippen LogP) is 4.34. The zero-order valence-electron chi connectivity index (χ0n) is 9.43. The Morgan fingerprint density at radius 3 is 2.15 bits per heavy atom. The van der Waals surface area contributed by atoms with Gasteiger partial charge in [-0.2, -0.15) is 0 Å². The van der Waals surface area contributed by atoms with Gasteiger partial charge in [0.25, 0.3) is 0 Å². The Morgan fingerprint density at radius 2 is 1.85 bits per heavy atom. The van der Waals surface area contributed by atoms with Gasteiger partial charge in [-0.05, 0) is 36.7 Å². The van der Waals surface area contributed by atoms with Crippen molar-refractivity contribution in [2.75, 3.05) is 0 Å². The molecule has 0 amide bonds. The highest BCUT2D eigenvalue weighted by atomic mass is 14.2. The van der Waals surface area contributed by atoms with Gasteiger partial charge in [-0.3, -0.25) is 0 Å². The van der Waals surface area contributed by atoms with Crippen LogP contribution in [-0.2, 0) is 0 Å². The first kappa shape index (κ1) is 10.6. The van der Waals surface area contributed by atoms with Crippen LogP contribution in [0, 0.1) is 11.3 Å². The summed E-state index contributed by atoms with van der Waals surface area (Å²) in [4.78, 5) is 0. The second-order valence-corrected chi connectivity index (χ2v) is 5.12. The monoisotopic (exact) mass is 178 g/mol. The fraction of sp³-hybridized carbons (Fsp3) is 0.692. The molecule has 1 saturated carbocycles. The number of hydrogen-bond acceptors (Lipinski definition) is 0. The average molecular weight is 178 g/mol. The van der Waals surface area contributed by atoms with E-state index in [0.717, 1.165) is 5.92 Å². The van der Waals surface area contributed by atoms with Gasteiger partial charge in [0.05, 0.1) is 0 Å². The van der Waals surface area contributed by atoms with Gasteiger partial charge in [-0.1, -0.05) is 45.4 Å². The molecule has 1 fully saturated rings. The third kappa shape index (κ3) is 3.38. The maximum Gasteiger partial charge on any atom is -0.0165 e. The molecule has 0 saturated heterocycles. The van der Waals surface area contributed by atoms with E-state index in [2.05, 4.69) is 45.9 Å². The quantitative estimate of drug-likeness (QED) is 0.552. The topological polar surface area (TPSA) is 0 Å². The van der Waals surface area contributed by atoms with Crippen LogP contribution >= 0.6 is 0 Å². The maximum atomic E-state index is 2.32. The molecule has 74 valence electrons. The molecular weight excluding hydrogens is 156 g/mol. The van der Waals surface area contributed by atoms with Gasteiger partial charge in [-0.15, -0.1) is 0 Å². The van der Waals surface area contributed by atoms with Crippen molar-refractivity contribution in [1.29, 1.82) is 0 Å². The molecule has 0 N–H and O–H groups in total. The van der Waals surface area contributed by atoms with Crippen LogP contribution in [0.15, 0.2) is 23.8 Å². The summed E-state index contributed by atoms with van der Waals surface area (Å²) < 4.78 is 0. The van der Waals surface area contributed by atoms with Crippen molar-refractivity contribution in [3.8, 4) is 0 Å². The molecule has 0 aliphatic heterocycles. The van der Waals surface area contributed by atoms with Crippen molar-refractivity contribution in [3.63, 3.8) is 0 Å². The summed E-state index contributed by atoms with van der Waals surface area (Å²) in [6.07, 6.45) is 11.1. The molecule has 0 aromatic rings. The normalized spacial score (nSPS) is 20.8. The van der Waals surface area contributed by atoms with E-state index < -0.39 is 0 Å². The van der Waals surface area contributed by atoms with Crippen LogP contribution in [0.1, 0.15) is 47.0 Å². The van der Waals surface area contributed by atoms with E-state index in [-0.39, 0.29) is 0 Å². The fourth-order valence-corrected chi connectivity index (χ4v) is 1.56. The van der Waals surface area contributed by atoms with Crippen molar-refractivity contribution in [1.82, 2.24) is 0 Å². The van der Waals surface area contributed by atoms with Crippen LogP contribution in [0.4, 0.5) is 0 Å².